The predicted molar refractivity (Wildman–Crippen MR) is 116 cm³/mol. The maximum Gasteiger partial charge on any atom is 0.245 e. The quantitative estimate of drug-likeness (QED) is 0.679. The van der Waals surface area contributed by atoms with Crippen LogP contribution in [0.2, 0.25) is 0 Å². The number of morpholine rings is 1. The van der Waals surface area contributed by atoms with Crippen LogP contribution in [0.25, 0.3) is 0 Å². The molecule has 2 heterocycles. The number of hydrogen-bond acceptors (Lipinski definition) is 5. The lowest BCUT2D eigenvalue weighted by atomic mass is 10.1. The predicted octanol–water partition coefficient (Wildman–Crippen LogP) is 3.59. The van der Waals surface area contributed by atoms with Crippen LogP contribution >= 0.6 is 0 Å². The molecule has 6 nitrogen and oxygen atoms in total. The summed E-state index contributed by atoms with van der Waals surface area (Å²) >= 11 is 0. The third-order valence-electron chi connectivity index (χ3n) is 5.49. The van der Waals surface area contributed by atoms with Gasteiger partial charge in [-0.25, -0.2) is 12.8 Å². The smallest absolute Gasteiger partial charge is 0.245 e. The van der Waals surface area contributed by atoms with Gasteiger partial charge in [0.1, 0.15) is 10.7 Å². The first-order valence-corrected chi connectivity index (χ1v) is 11.8. The Hall–Kier alpha value is -2.29. The monoisotopic (exact) mass is 431 g/mol. The minimum atomic E-state index is -3.69. The van der Waals surface area contributed by atoms with Crippen molar-refractivity contribution in [2.24, 2.45) is 4.99 Å². The molecule has 0 saturated carbocycles. The Kier molecular flexibility index (Phi) is 6.46. The van der Waals surface area contributed by atoms with Crippen LogP contribution in [0.3, 0.4) is 0 Å². The molecule has 0 atom stereocenters. The zero-order chi connectivity index (χ0) is 21.0. The van der Waals surface area contributed by atoms with Gasteiger partial charge in [0.15, 0.2) is 0 Å². The zero-order valence-electron chi connectivity index (χ0n) is 16.8. The van der Waals surface area contributed by atoms with E-state index in [0.29, 0.717) is 43.2 Å². The molecule has 0 N–H and O–H groups in total. The van der Waals surface area contributed by atoms with Gasteiger partial charge in [-0.15, -0.1) is 0 Å². The van der Waals surface area contributed by atoms with Gasteiger partial charge in [0.25, 0.3) is 0 Å². The Morgan fingerprint density at radius 3 is 2.43 bits per heavy atom. The second-order valence-electron chi connectivity index (χ2n) is 7.50. The van der Waals surface area contributed by atoms with E-state index in [9.17, 15) is 12.8 Å². The van der Waals surface area contributed by atoms with Crippen molar-refractivity contribution in [1.82, 2.24) is 4.31 Å². The Balaban J connectivity index is 1.72. The van der Waals surface area contributed by atoms with Crippen LogP contribution in [-0.4, -0.2) is 58.3 Å². The zero-order valence-corrected chi connectivity index (χ0v) is 17.7. The average Bonchev–Trinajstić information content (AvgIpc) is 2.79. The fourth-order valence-corrected chi connectivity index (χ4v) is 5.47. The maximum absolute atomic E-state index is 13.9. The van der Waals surface area contributed by atoms with Gasteiger partial charge in [0, 0.05) is 38.0 Å². The number of ether oxygens (including phenoxy) is 1. The van der Waals surface area contributed by atoms with E-state index in [2.05, 4.69) is 9.89 Å². The Morgan fingerprint density at radius 2 is 1.70 bits per heavy atom. The van der Waals surface area contributed by atoms with Gasteiger partial charge in [0.2, 0.25) is 10.0 Å². The van der Waals surface area contributed by atoms with Crippen LogP contribution in [0.1, 0.15) is 24.8 Å². The summed E-state index contributed by atoms with van der Waals surface area (Å²) < 4.78 is 47.6. The van der Waals surface area contributed by atoms with Crippen LogP contribution in [-0.2, 0) is 14.8 Å². The van der Waals surface area contributed by atoms with Crippen molar-refractivity contribution >= 4 is 27.6 Å². The molecule has 2 aromatic carbocycles. The third kappa shape index (κ3) is 4.55. The molecule has 0 unspecified atom stereocenters. The lowest BCUT2D eigenvalue weighted by molar-refractivity contribution is 0.0730. The molecule has 0 spiro atoms. The highest BCUT2D eigenvalue weighted by Crippen LogP contribution is 2.33. The number of halogens is 1. The molecular formula is C22H26FN3O3S. The fourth-order valence-electron chi connectivity index (χ4n) is 3.84. The summed E-state index contributed by atoms with van der Waals surface area (Å²) in [7, 11) is -3.69. The Bertz CT molecular complexity index is 1010. The van der Waals surface area contributed by atoms with E-state index in [-0.39, 0.29) is 10.7 Å². The van der Waals surface area contributed by atoms with Crippen LogP contribution in [0.5, 0.6) is 0 Å². The lowest BCUT2D eigenvalue weighted by Crippen LogP contribution is -2.41. The van der Waals surface area contributed by atoms with E-state index < -0.39 is 10.0 Å². The van der Waals surface area contributed by atoms with Crippen LogP contribution in [0.15, 0.2) is 52.4 Å². The van der Waals surface area contributed by atoms with E-state index in [1.807, 2.05) is 6.07 Å². The molecule has 2 fully saturated rings. The summed E-state index contributed by atoms with van der Waals surface area (Å²) in [6.45, 7) is 3.13. The molecule has 4 rings (SSSR count). The second kappa shape index (κ2) is 9.24. The molecule has 30 heavy (non-hydrogen) atoms. The average molecular weight is 432 g/mol. The number of piperidine rings is 1. The van der Waals surface area contributed by atoms with E-state index in [1.54, 1.807) is 30.3 Å². The van der Waals surface area contributed by atoms with Crippen LogP contribution in [0, 0.1) is 5.82 Å². The summed E-state index contributed by atoms with van der Waals surface area (Å²) in [4.78, 5) is 6.75. The van der Waals surface area contributed by atoms with Crippen LogP contribution in [0.4, 0.5) is 15.8 Å². The molecule has 8 heteroatoms. The number of nitrogens with zero attached hydrogens (tertiary/aromatic N) is 3. The highest BCUT2D eigenvalue weighted by Gasteiger charge is 2.30. The van der Waals surface area contributed by atoms with E-state index >= 15 is 0 Å². The molecular weight excluding hydrogens is 405 g/mol. The van der Waals surface area contributed by atoms with Gasteiger partial charge in [-0.2, -0.15) is 4.31 Å². The van der Waals surface area contributed by atoms with Crippen molar-refractivity contribution < 1.29 is 17.5 Å². The number of benzene rings is 2. The Labute approximate surface area is 177 Å². The first-order chi connectivity index (χ1) is 14.6. The topological polar surface area (TPSA) is 62.2 Å². The molecule has 2 aromatic rings. The summed E-state index contributed by atoms with van der Waals surface area (Å²) in [5.41, 5.74) is 1.55. The highest BCUT2D eigenvalue weighted by atomic mass is 32.2. The summed E-state index contributed by atoms with van der Waals surface area (Å²) in [6.07, 6.45) is 4.68. The minimum Gasteiger partial charge on any atom is -0.379 e. The molecule has 0 aromatic heterocycles. The molecule has 0 bridgehead atoms. The second-order valence-corrected chi connectivity index (χ2v) is 9.40. The van der Waals surface area contributed by atoms with E-state index in [4.69, 9.17) is 4.74 Å². The van der Waals surface area contributed by atoms with E-state index in [0.717, 1.165) is 32.4 Å². The van der Waals surface area contributed by atoms with Crippen molar-refractivity contribution in [3.63, 3.8) is 0 Å². The van der Waals surface area contributed by atoms with Gasteiger partial charge in [-0.3, -0.25) is 4.99 Å². The molecule has 0 aliphatic carbocycles. The molecule has 0 amide bonds. The number of rotatable bonds is 5. The number of sulfonamides is 1. The number of aliphatic imine (C=N–C) groups is 1. The van der Waals surface area contributed by atoms with Crippen molar-refractivity contribution in [2.75, 3.05) is 44.3 Å². The first-order valence-electron chi connectivity index (χ1n) is 10.3. The molecule has 2 aliphatic rings. The van der Waals surface area contributed by atoms with Crippen molar-refractivity contribution in [3.8, 4) is 0 Å². The summed E-state index contributed by atoms with van der Waals surface area (Å²) in [5.74, 6) is -0.368. The van der Waals surface area contributed by atoms with Crippen LogP contribution < -0.4 is 4.90 Å². The molecule has 2 saturated heterocycles. The lowest BCUT2D eigenvalue weighted by Gasteiger charge is -2.32. The largest absolute Gasteiger partial charge is 0.379 e. The van der Waals surface area contributed by atoms with Gasteiger partial charge < -0.3 is 9.64 Å². The fraction of sp³-hybridized carbons (Fsp3) is 0.409. The van der Waals surface area contributed by atoms with Gasteiger partial charge in [-0.1, -0.05) is 18.2 Å². The van der Waals surface area contributed by atoms with Crippen molar-refractivity contribution in [3.05, 3.63) is 53.8 Å². The molecule has 160 valence electrons. The summed E-state index contributed by atoms with van der Waals surface area (Å²) in [6, 6.07) is 11.6. The minimum absolute atomic E-state index is 0.259. The van der Waals surface area contributed by atoms with Crippen molar-refractivity contribution in [1.29, 1.82) is 0 Å². The number of anilines is 1. The first kappa shape index (κ1) is 21.0. The number of hydrogen-bond donors (Lipinski definition) is 0. The molecule has 0 radical (unpaired) electrons. The van der Waals surface area contributed by atoms with Gasteiger partial charge >= 0.3 is 0 Å². The standard InChI is InChI=1S/C22H26FN3O3S/c23-20-7-3-2-6-18(20)17-24-19-8-9-21(25-10-4-1-5-11-25)22(16-19)30(27,28)26-12-14-29-15-13-26/h2-3,6-9,16-17H,1,4-5,10-15H2. The molecule has 2 aliphatic heterocycles. The van der Waals surface area contributed by atoms with Gasteiger partial charge in [-0.05, 0) is 43.5 Å². The van der Waals surface area contributed by atoms with E-state index in [1.165, 1.54) is 16.6 Å². The van der Waals surface area contributed by atoms with Crippen molar-refractivity contribution in [2.45, 2.75) is 24.2 Å². The SMILES string of the molecule is O=S(=O)(c1cc(N=Cc2ccccc2F)ccc1N1CCCCC1)N1CCOCC1. The third-order valence-corrected chi connectivity index (χ3v) is 7.41. The highest BCUT2D eigenvalue weighted by molar-refractivity contribution is 7.89. The summed E-state index contributed by atoms with van der Waals surface area (Å²) in [5, 5.41) is 0. The Morgan fingerprint density at radius 1 is 0.967 bits per heavy atom. The normalized spacial score (nSPS) is 18.8. The maximum atomic E-state index is 13.9. The van der Waals surface area contributed by atoms with Gasteiger partial charge in [0.05, 0.1) is 24.6 Å².